The van der Waals surface area contributed by atoms with Gasteiger partial charge >= 0.3 is 0 Å². The van der Waals surface area contributed by atoms with Gasteiger partial charge in [-0.3, -0.25) is 0 Å². The van der Waals surface area contributed by atoms with Crippen LogP contribution in [-0.2, 0) is 0 Å². The fourth-order valence-electron chi connectivity index (χ4n) is 1.46. The van der Waals surface area contributed by atoms with E-state index in [-0.39, 0.29) is 4.83 Å². The molecular formula is C11H10Br2OS2. The predicted molar refractivity (Wildman–Crippen MR) is 78.4 cm³/mol. The Bertz CT molecular complexity index is 490. The number of hydrogen-bond donors (Lipinski definition) is 0. The molecule has 2 rings (SSSR count). The molecule has 1 atom stereocenters. The van der Waals surface area contributed by atoms with Crippen LogP contribution in [0.5, 0.6) is 5.75 Å². The van der Waals surface area contributed by atoms with E-state index in [0.29, 0.717) is 0 Å². The maximum Gasteiger partial charge on any atom is 0.134 e. The van der Waals surface area contributed by atoms with Crippen molar-refractivity contribution in [3.05, 3.63) is 36.6 Å². The second-order valence-corrected chi connectivity index (χ2v) is 7.29. The summed E-state index contributed by atoms with van der Waals surface area (Å²) in [4.78, 5) is 4.01. The number of rotatable bonds is 3. The predicted octanol–water partition coefficient (Wildman–Crippen LogP) is 5.37. The van der Waals surface area contributed by atoms with Crippen LogP contribution in [0.2, 0.25) is 0 Å². The highest BCUT2D eigenvalue weighted by Gasteiger charge is 2.20. The quantitative estimate of drug-likeness (QED) is 0.649. The molecule has 2 aromatic heterocycles. The summed E-state index contributed by atoms with van der Waals surface area (Å²) >= 11 is 10.8. The monoisotopic (exact) mass is 380 g/mol. The Hall–Kier alpha value is 0.160. The van der Waals surface area contributed by atoms with Crippen molar-refractivity contribution in [3.8, 4) is 5.75 Å². The van der Waals surface area contributed by atoms with Crippen LogP contribution in [0.4, 0.5) is 0 Å². The van der Waals surface area contributed by atoms with Gasteiger partial charge in [0.25, 0.3) is 0 Å². The van der Waals surface area contributed by atoms with E-state index in [9.17, 15) is 0 Å². The van der Waals surface area contributed by atoms with E-state index in [1.165, 1.54) is 14.6 Å². The zero-order chi connectivity index (χ0) is 11.7. The van der Waals surface area contributed by atoms with Crippen molar-refractivity contribution in [1.82, 2.24) is 0 Å². The molecular weight excluding hydrogens is 372 g/mol. The van der Waals surface area contributed by atoms with Crippen molar-refractivity contribution < 1.29 is 4.74 Å². The summed E-state index contributed by atoms with van der Waals surface area (Å²) in [5.74, 6) is 0.949. The SMILES string of the molecule is COc1ccsc1C(Br)c1sc(C)cc1Br. The molecule has 1 unspecified atom stereocenters. The van der Waals surface area contributed by atoms with Gasteiger partial charge in [-0.1, -0.05) is 15.9 Å². The molecule has 0 spiro atoms. The van der Waals surface area contributed by atoms with Gasteiger partial charge < -0.3 is 4.74 Å². The van der Waals surface area contributed by atoms with Crippen molar-refractivity contribution in [1.29, 1.82) is 0 Å². The summed E-state index contributed by atoms with van der Waals surface area (Å²) in [6.45, 7) is 2.12. The van der Waals surface area contributed by atoms with E-state index in [1.54, 1.807) is 29.8 Å². The molecule has 0 N–H and O–H groups in total. The smallest absolute Gasteiger partial charge is 0.134 e. The first-order valence-corrected chi connectivity index (χ1v) is 8.05. The minimum Gasteiger partial charge on any atom is -0.496 e. The van der Waals surface area contributed by atoms with E-state index in [0.717, 1.165) is 10.2 Å². The molecule has 0 radical (unpaired) electrons. The van der Waals surface area contributed by atoms with Crippen LogP contribution in [0, 0.1) is 6.92 Å². The summed E-state index contributed by atoms with van der Waals surface area (Å²) in [5, 5.41) is 2.05. The standard InChI is InChI=1S/C11H10Br2OS2/c1-6-5-7(12)10(16-6)9(13)11-8(14-2)3-4-15-11/h3-5,9H,1-2H3. The minimum absolute atomic E-state index is 0.204. The number of alkyl halides is 1. The zero-order valence-corrected chi connectivity index (χ0v) is 13.6. The molecule has 1 nitrogen and oxygen atoms in total. The lowest BCUT2D eigenvalue weighted by molar-refractivity contribution is 0.413. The van der Waals surface area contributed by atoms with Gasteiger partial charge in [0.2, 0.25) is 0 Å². The lowest BCUT2D eigenvalue weighted by atomic mass is 10.3. The molecule has 0 bridgehead atoms. The fourth-order valence-corrected chi connectivity index (χ4v) is 5.62. The summed E-state index contributed by atoms with van der Waals surface area (Å²) < 4.78 is 6.50. The lowest BCUT2D eigenvalue weighted by Gasteiger charge is -2.08. The van der Waals surface area contributed by atoms with Gasteiger partial charge in [0.15, 0.2) is 0 Å². The van der Waals surface area contributed by atoms with E-state index < -0.39 is 0 Å². The maximum atomic E-state index is 5.34. The van der Waals surface area contributed by atoms with Crippen LogP contribution in [0.15, 0.2) is 22.0 Å². The Morgan fingerprint density at radius 1 is 1.38 bits per heavy atom. The Morgan fingerprint density at radius 2 is 2.12 bits per heavy atom. The van der Waals surface area contributed by atoms with Gasteiger partial charge in [-0.15, -0.1) is 22.7 Å². The first-order chi connectivity index (χ1) is 7.63. The fraction of sp³-hybridized carbons (Fsp3) is 0.273. The molecule has 16 heavy (non-hydrogen) atoms. The third-order valence-electron chi connectivity index (χ3n) is 2.17. The molecule has 2 aromatic rings. The summed E-state index contributed by atoms with van der Waals surface area (Å²) in [6, 6.07) is 4.15. The number of thiophene rings is 2. The van der Waals surface area contributed by atoms with Crippen LogP contribution in [0.1, 0.15) is 19.5 Å². The minimum atomic E-state index is 0.204. The van der Waals surface area contributed by atoms with E-state index >= 15 is 0 Å². The number of methoxy groups -OCH3 is 1. The van der Waals surface area contributed by atoms with E-state index in [1.807, 2.05) is 6.07 Å². The molecule has 5 heteroatoms. The second kappa shape index (κ2) is 5.21. The van der Waals surface area contributed by atoms with E-state index in [4.69, 9.17) is 4.74 Å². The Morgan fingerprint density at radius 3 is 2.69 bits per heavy atom. The van der Waals surface area contributed by atoms with Crippen molar-refractivity contribution in [2.24, 2.45) is 0 Å². The van der Waals surface area contributed by atoms with Gasteiger partial charge in [-0.2, -0.15) is 0 Å². The average molecular weight is 382 g/mol. The zero-order valence-electron chi connectivity index (χ0n) is 8.79. The normalized spacial score (nSPS) is 12.8. The molecule has 0 aromatic carbocycles. The molecule has 86 valence electrons. The topological polar surface area (TPSA) is 9.23 Å². The maximum absolute atomic E-state index is 5.34. The highest BCUT2D eigenvalue weighted by Crippen LogP contribution is 2.45. The van der Waals surface area contributed by atoms with Crippen LogP contribution >= 0.6 is 54.5 Å². The van der Waals surface area contributed by atoms with Gasteiger partial charge in [-0.25, -0.2) is 0 Å². The van der Waals surface area contributed by atoms with Crippen molar-refractivity contribution in [2.45, 2.75) is 11.8 Å². The van der Waals surface area contributed by atoms with Crippen LogP contribution < -0.4 is 4.74 Å². The first-order valence-electron chi connectivity index (χ1n) is 4.64. The van der Waals surface area contributed by atoms with Gasteiger partial charge in [-0.05, 0) is 40.4 Å². The summed E-state index contributed by atoms with van der Waals surface area (Å²) in [7, 11) is 1.71. The molecule has 0 saturated heterocycles. The van der Waals surface area contributed by atoms with Gasteiger partial charge in [0.1, 0.15) is 5.75 Å². The van der Waals surface area contributed by atoms with Crippen LogP contribution in [0.25, 0.3) is 0 Å². The highest BCUT2D eigenvalue weighted by molar-refractivity contribution is 9.11. The van der Waals surface area contributed by atoms with Crippen molar-refractivity contribution in [3.63, 3.8) is 0 Å². The summed E-state index contributed by atoms with van der Waals surface area (Å²) in [5.41, 5.74) is 0. The van der Waals surface area contributed by atoms with Crippen molar-refractivity contribution in [2.75, 3.05) is 7.11 Å². The third kappa shape index (κ3) is 2.37. The first kappa shape index (κ1) is 12.6. The lowest BCUT2D eigenvalue weighted by Crippen LogP contribution is -1.90. The molecule has 0 fully saturated rings. The molecule has 0 aliphatic rings. The number of hydrogen-bond acceptors (Lipinski definition) is 3. The Kier molecular flexibility index (Phi) is 4.11. The second-order valence-electron chi connectivity index (χ2n) is 3.29. The average Bonchev–Trinajstić information content (AvgIpc) is 2.83. The molecule has 0 saturated carbocycles. The highest BCUT2D eigenvalue weighted by atomic mass is 79.9. The third-order valence-corrected chi connectivity index (χ3v) is 6.69. The van der Waals surface area contributed by atoms with Crippen LogP contribution in [-0.4, -0.2) is 7.11 Å². The Balaban J connectivity index is 2.38. The molecule has 0 aliphatic carbocycles. The molecule has 0 amide bonds. The van der Waals surface area contributed by atoms with E-state index in [2.05, 4.69) is 50.2 Å². The van der Waals surface area contributed by atoms with Gasteiger partial charge in [0, 0.05) is 14.2 Å². The van der Waals surface area contributed by atoms with Crippen LogP contribution in [0.3, 0.4) is 0 Å². The number of halogens is 2. The number of aryl methyl sites for hydroxylation is 1. The number of ether oxygens (including phenoxy) is 1. The van der Waals surface area contributed by atoms with Gasteiger partial charge in [0.05, 0.1) is 16.8 Å². The largest absolute Gasteiger partial charge is 0.496 e. The summed E-state index contributed by atoms with van der Waals surface area (Å²) in [6.07, 6.45) is 0. The molecule has 2 heterocycles. The molecule has 0 aliphatic heterocycles. The van der Waals surface area contributed by atoms with Crippen molar-refractivity contribution >= 4 is 54.5 Å². The Labute approximate surface area is 120 Å².